The average molecular weight is 326 g/mol. The maximum absolute atomic E-state index is 12.8. The lowest BCUT2D eigenvalue weighted by atomic mass is 10.1. The smallest absolute Gasteiger partial charge is 0.123 e. The molecular weight excluding hydrogens is 308 g/mol. The van der Waals surface area contributed by atoms with Crippen LogP contribution in [0.5, 0.6) is 0 Å². The standard InChI is InChI=1S/C17H18Cl2FN/c1-12(21-11-14-4-7-15(20)8-5-14)2-3-13-6-9-16(18)17(19)10-13/h4-10,12,21H,2-3,11H2,1H3. The quantitative estimate of drug-likeness (QED) is 0.765. The van der Waals surface area contributed by atoms with E-state index in [1.165, 1.54) is 17.7 Å². The summed E-state index contributed by atoms with van der Waals surface area (Å²) in [6.45, 7) is 2.88. The van der Waals surface area contributed by atoms with Crippen LogP contribution >= 0.6 is 23.2 Å². The third kappa shape index (κ3) is 5.31. The molecule has 0 saturated carbocycles. The third-order valence-electron chi connectivity index (χ3n) is 3.42. The highest BCUT2D eigenvalue weighted by Crippen LogP contribution is 2.23. The third-order valence-corrected chi connectivity index (χ3v) is 4.16. The van der Waals surface area contributed by atoms with Crippen LogP contribution in [0, 0.1) is 5.82 Å². The predicted octanol–water partition coefficient (Wildman–Crippen LogP) is 5.24. The van der Waals surface area contributed by atoms with E-state index in [0.29, 0.717) is 16.1 Å². The topological polar surface area (TPSA) is 12.0 Å². The Bertz CT molecular complexity index is 584. The highest BCUT2D eigenvalue weighted by atomic mass is 35.5. The van der Waals surface area contributed by atoms with Crippen LogP contribution in [0.15, 0.2) is 42.5 Å². The Kier molecular flexibility index (Phi) is 6.04. The van der Waals surface area contributed by atoms with Gasteiger partial charge in [-0.05, 0) is 55.2 Å². The maximum Gasteiger partial charge on any atom is 0.123 e. The van der Waals surface area contributed by atoms with E-state index in [1.54, 1.807) is 12.1 Å². The molecule has 112 valence electrons. The summed E-state index contributed by atoms with van der Waals surface area (Å²) in [5.74, 6) is -0.202. The van der Waals surface area contributed by atoms with Crippen LogP contribution in [-0.2, 0) is 13.0 Å². The summed E-state index contributed by atoms with van der Waals surface area (Å²) in [5.41, 5.74) is 2.26. The van der Waals surface area contributed by atoms with Gasteiger partial charge in [-0.25, -0.2) is 4.39 Å². The van der Waals surface area contributed by atoms with E-state index >= 15 is 0 Å². The maximum atomic E-state index is 12.8. The lowest BCUT2D eigenvalue weighted by molar-refractivity contribution is 0.513. The molecule has 0 saturated heterocycles. The zero-order chi connectivity index (χ0) is 15.2. The lowest BCUT2D eigenvalue weighted by Gasteiger charge is -2.14. The number of benzene rings is 2. The van der Waals surface area contributed by atoms with Crippen LogP contribution in [0.4, 0.5) is 4.39 Å². The molecule has 2 aromatic rings. The van der Waals surface area contributed by atoms with Crippen molar-refractivity contribution in [1.82, 2.24) is 5.32 Å². The summed E-state index contributed by atoms with van der Waals surface area (Å²) in [6, 6.07) is 12.7. The average Bonchev–Trinajstić information content (AvgIpc) is 2.48. The Morgan fingerprint density at radius 3 is 2.33 bits per heavy atom. The predicted molar refractivity (Wildman–Crippen MR) is 87.5 cm³/mol. The van der Waals surface area contributed by atoms with Gasteiger partial charge in [0.25, 0.3) is 0 Å². The lowest BCUT2D eigenvalue weighted by Crippen LogP contribution is -2.25. The summed E-state index contributed by atoms with van der Waals surface area (Å²) in [7, 11) is 0. The number of hydrogen-bond donors (Lipinski definition) is 1. The van der Waals surface area contributed by atoms with Gasteiger partial charge in [0.2, 0.25) is 0 Å². The SMILES string of the molecule is CC(CCc1ccc(Cl)c(Cl)c1)NCc1ccc(F)cc1. The Balaban J connectivity index is 1.77. The van der Waals surface area contributed by atoms with Gasteiger partial charge in [0.15, 0.2) is 0 Å². The molecule has 1 unspecified atom stereocenters. The highest BCUT2D eigenvalue weighted by Gasteiger charge is 2.04. The van der Waals surface area contributed by atoms with Gasteiger partial charge in [-0.2, -0.15) is 0 Å². The number of nitrogens with one attached hydrogen (secondary N) is 1. The second-order valence-electron chi connectivity index (χ2n) is 5.20. The van der Waals surface area contributed by atoms with Crippen molar-refractivity contribution in [3.05, 3.63) is 69.5 Å². The molecule has 1 atom stereocenters. The van der Waals surface area contributed by atoms with Crippen molar-refractivity contribution in [1.29, 1.82) is 0 Å². The van der Waals surface area contributed by atoms with E-state index < -0.39 is 0 Å². The van der Waals surface area contributed by atoms with Gasteiger partial charge in [-0.3, -0.25) is 0 Å². The van der Waals surface area contributed by atoms with Crippen molar-refractivity contribution in [3.8, 4) is 0 Å². The second-order valence-corrected chi connectivity index (χ2v) is 6.01. The summed E-state index contributed by atoms with van der Waals surface area (Å²) < 4.78 is 12.8. The van der Waals surface area contributed by atoms with E-state index in [0.717, 1.165) is 24.9 Å². The Labute approximate surface area is 135 Å². The van der Waals surface area contributed by atoms with Crippen molar-refractivity contribution in [2.45, 2.75) is 32.4 Å². The van der Waals surface area contributed by atoms with Crippen LogP contribution in [-0.4, -0.2) is 6.04 Å². The minimum atomic E-state index is -0.202. The van der Waals surface area contributed by atoms with Crippen LogP contribution in [0.3, 0.4) is 0 Å². The van der Waals surface area contributed by atoms with Gasteiger partial charge in [0, 0.05) is 12.6 Å². The first-order chi connectivity index (χ1) is 10.0. The molecule has 0 bridgehead atoms. The van der Waals surface area contributed by atoms with Crippen molar-refractivity contribution in [2.24, 2.45) is 0 Å². The van der Waals surface area contributed by atoms with Crippen molar-refractivity contribution in [2.75, 3.05) is 0 Å². The molecular formula is C17H18Cl2FN. The van der Waals surface area contributed by atoms with Crippen molar-refractivity contribution >= 4 is 23.2 Å². The van der Waals surface area contributed by atoms with Gasteiger partial charge in [-0.1, -0.05) is 41.4 Å². The molecule has 2 rings (SSSR count). The number of rotatable bonds is 6. The monoisotopic (exact) mass is 325 g/mol. The zero-order valence-electron chi connectivity index (χ0n) is 11.9. The minimum absolute atomic E-state index is 0.202. The molecule has 0 spiro atoms. The molecule has 4 heteroatoms. The summed E-state index contributed by atoms with van der Waals surface area (Å²) in [5, 5.41) is 4.62. The molecule has 0 heterocycles. The zero-order valence-corrected chi connectivity index (χ0v) is 13.4. The second kappa shape index (κ2) is 7.79. The normalized spacial score (nSPS) is 12.4. The van der Waals surface area contributed by atoms with Crippen LogP contribution in [0.25, 0.3) is 0 Å². The molecule has 0 aliphatic carbocycles. The van der Waals surface area contributed by atoms with Crippen LogP contribution in [0.1, 0.15) is 24.5 Å². The van der Waals surface area contributed by atoms with Gasteiger partial charge in [-0.15, -0.1) is 0 Å². The van der Waals surface area contributed by atoms with Crippen LogP contribution in [0.2, 0.25) is 10.0 Å². The fourth-order valence-corrected chi connectivity index (χ4v) is 2.40. The summed E-state index contributed by atoms with van der Waals surface area (Å²) in [6.07, 6.45) is 1.94. The van der Waals surface area contributed by atoms with E-state index in [1.807, 2.05) is 18.2 Å². The fourth-order valence-electron chi connectivity index (χ4n) is 2.07. The molecule has 1 N–H and O–H groups in total. The Morgan fingerprint density at radius 1 is 1.00 bits per heavy atom. The Hall–Kier alpha value is -1.09. The molecule has 1 nitrogen and oxygen atoms in total. The highest BCUT2D eigenvalue weighted by molar-refractivity contribution is 6.42. The van der Waals surface area contributed by atoms with E-state index in [4.69, 9.17) is 23.2 Å². The first kappa shape index (κ1) is 16.3. The largest absolute Gasteiger partial charge is 0.310 e. The molecule has 0 amide bonds. The van der Waals surface area contributed by atoms with Gasteiger partial charge >= 0.3 is 0 Å². The van der Waals surface area contributed by atoms with Gasteiger partial charge in [0.1, 0.15) is 5.82 Å². The van der Waals surface area contributed by atoms with E-state index in [-0.39, 0.29) is 5.82 Å². The molecule has 0 aliphatic heterocycles. The van der Waals surface area contributed by atoms with Crippen molar-refractivity contribution in [3.63, 3.8) is 0 Å². The summed E-state index contributed by atoms with van der Waals surface area (Å²) in [4.78, 5) is 0. The number of halogens is 3. The van der Waals surface area contributed by atoms with Crippen molar-refractivity contribution < 1.29 is 4.39 Å². The Morgan fingerprint density at radius 2 is 1.67 bits per heavy atom. The first-order valence-corrected chi connectivity index (χ1v) is 7.72. The molecule has 0 radical (unpaired) electrons. The molecule has 0 aromatic heterocycles. The van der Waals surface area contributed by atoms with Crippen LogP contribution < -0.4 is 5.32 Å². The van der Waals surface area contributed by atoms with Gasteiger partial charge < -0.3 is 5.32 Å². The first-order valence-electron chi connectivity index (χ1n) is 6.96. The number of aryl methyl sites for hydroxylation is 1. The van der Waals surface area contributed by atoms with E-state index in [2.05, 4.69) is 12.2 Å². The summed E-state index contributed by atoms with van der Waals surface area (Å²) >= 11 is 11.9. The van der Waals surface area contributed by atoms with E-state index in [9.17, 15) is 4.39 Å². The molecule has 21 heavy (non-hydrogen) atoms. The molecule has 2 aromatic carbocycles. The van der Waals surface area contributed by atoms with Gasteiger partial charge in [0.05, 0.1) is 10.0 Å². The fraction of sp³-hybridized carbons (Fsp3) is 0.294. The number of hydrogen-bond acceptors (Lipinski definition) is 1. The molecule has 0 aliphatic rings. The minimum Gasteiger partial charge on any atom is -0.310 e. The molecule has 0 fully saturated rings.